The Labute approximate surface area is 141 Å². The lowest BCUT2D eigenvalue weighted by Crippen LogP contribution is -1.95. The van der Waals surface area contributed by atoms with Crippen LogP contribution in [0.2, 0.25) is 0 Å². The van der Waals surface area contributed by atoms with Crippen LogP contribution in [0.25, 0.3) is 17.3 Å². The summed E-state index contributed by atoms with van der Waals surface area (Å²) in [7, 11) is 0. The molecule has 3 rings (SSSR count). The van der Waals surface area contributed by atoms with Crippen LogP contribution in [0.4, 0.5) is 0 Å². The van der Waals surface area contributed by atoms with Gasteiger partial charge in [-0.05, 0) is 42.3 Å². The van der Waals surface area contributed by atoms with Crippen molar-refractivity contribution in [2.75, 3.05) is 6.61 Å². The maximum Gasteiger partial charge on any atom is 0.137 e. The monoisotopic (exact) mass is 317 g/mol. The number of aromatic nitrogens is 2. The molecule has 0 atom stereocenters. The van der Waals surface area contributed by atoms with Gasteiger partial charge < -0.3 is 9.14 Å². The van der Waals surface area contributed by atoms with Crippen molar-refractivity contribution in [2.24, 2.45) is 0 Å². The Kier molecular flexibility index (Phi) is 4.93. The molecule has 3 aromatic rings. The second kappa shape index (κ2) is 7.47. The zero-order chi connectivity index (χ0) is 16.8. The molecule has 0 aliphatic rings. The summed E-state index contributed by atoms with van der Waals surface area (Å²) in [6, 6.07) is 15.8. The van der Waals surface area contributed by atoms with E-state index in [4.69, 9.17) is 4.74 Å². The summed E-state index contributed by atoms with van der Waals surface area (Å²) >= 11 is 0. The normalized spacial score (nSPS) is 11.4. The predicted molar refractivity (Wildman–Crippen MR) is 95.5 cm³/mol. The molecule has 0 amide bonds. The number of nitrogens with zero attached hydrogens (tertiary/aromatic N) is 3. The Morgan fingerprint density at radius 1 is 1.25 bits per heavy atom. The van der Waals surface area contributed by atoms with E-state index in [9.17, 15) is 5.26 Å². The molecule has 0 spiro atoms. The Morgan fingerprint density at radius 2 is 2.08 bits per heavy atom. The van der Waals surface area contributed by atoms with E-state index in [2.05, 4.69) is 18.0 Å². The third-order valence-electron chi connectivity index (χ3n) is 3.72. The van der Waals surface area contributed by atoms with Gasteiger partial charge in [-0.25, -0.2) is 4.98 Å². The summed E-state index contributed by atoms with van der Waals surface area (Å²) in [6.45, 7) is 2.87. The average molecular weight is 317 g/mol. The maximum absolute atomic E-state index is 9.47. The maximum atomic E-state index is 9.47. The zero-order valence-corrected chi connectivity index (χ0v) is 13.6. The van der Waals surface area contributed by atoms with E-state index in [1.54, 1.807) is 0 Å². The van der Waals surface area contributed by atoms with Gasteiger partial charge in [0.15, 0.2) is 0 Å². The Morgan fingerprint density at radius 3 is 2.79 bits per heavy atom. The van der Waals surface area contributed by atoms with Crippen molar-refractivity contribution in [1.29, 1.82) is 5.26 Å². The van der Waals surface area contributed by atoms with Crippen molar-refractivity contribution in [3.63, 3.8) is 0 Å². The summed E-state index contributed by atoms with van der Waals surface area (Å²) in [5, 5.41) is 9.47. The molecule has 2 aromatic heterocycles. The molecule has 4 nitrogen and oxygen atoms in total. The molecular formula is C20H19N3O. The first-order chi connectivity index (χ1) is 11.8. The molecule has 0 N–H and O–H groups in total. The van der Waals surface area contributed by atoms with Crippen LogP contribution in [0.5, 0.6) is 5.75 Å². The minimum absolute atomic E-state index is 0.540. The summed E-state index contributed by atoms with van der Waals surface area (Å²) in [6.07, 6.45) is 7.80. The molecule has 0 unspecified atom stereocenters. The molecule has 2 heterocycles. The molecule has 120 valence electrons. The van der Waals surface area contributed by atoms with E-state index >= 15 is 0 Å². The first kappa shape index (κ1) is 15.8. The molecule has 24 heavy (non-hydrogen) atoms. The molecule has 4 heteroatoms. The Hall–Kier alpha value is -3.06. The number of fused-ring (bicyclic) bond motifs is 1. The number of rotatable bonds is 6. The SMILES string of the molecule is CCCCOc1ccc(C=C(C#N)c2cn3ccccc3n2)cc1. The quantitative estimate of drug-likeness (QED) is 0.494. The lowest BCUT2D eigenvalue weighted by Gasteiger charge is -2.05. The third kappa shape index (κ3) is 3.64. The van der Waals surface area contributed by atoms with Crippen molar-refractivity contribution >= 4 is 17.3 Å². The van der Waals surface area contributed by atoms with Gasteiger partial charge in [-0.1, -0.05) is 31.5 Å². The molecule has 0 saturated heterocycles. The van der Waals surface area contributed by atoms with E-state index in [0.29, 0.717) is 11.3 Å². The lowest BCUT2D eigenvalue weighted by atomic mass is 10.1. The van der Waals surface area contributed by atoms with Gasteiger partial charge >= 0.3 is 0 Å². The van der Waals surface area contributed by atoms with Crippen LogP contribution in [0, 0.1) is 11.3 Å². The highest BCUT2D eigenvalue weighted by Crippen LogP contribution is 2.20. The van der Waals surface area contributed by atoms with Gasteiger partial charge in [-0.15, -0.1) is 0 Å². The van der Waals surface area contributed by atoms with Crippen molar-refractivity contribution < 1.29 is 4.74 Å². The van der Waals surface area contributed by atoms with Crippen LogP contribution < -0.4 is 4.74 Å². The van der Waals surface area contributed by atoms with Crippen LogP contribution in [-0.4, -0.2) is 16.0 Å². The van der Waals surface area contributed by atoms with Crippen molar-refractivity contribution in [3.8, 4) is 11.8 Å². The van der Waals surface area contributed by atoms with Crippen molar-refractivity contribution in [3.05, 3.63) is 66.1 Å². The smallest absolute Gasteiger partial charge is 0.137 e. The summed E-state index contributed by atoms with van der Waals surface area (Å²) in [5.41, 5.74) is 2.99. The Bertz CT molecular complexity index is 852. The average Bonchev–Trinajstić information content (AvgIpc) is 3.05. The highest BCUT2D eigenvalue weighted by atomic mass is 16.5. The molecule has 0 bridgehead atoms. The zero-order valence-electron chi connectivity index (χ0n) is 13.6. The molecule has 0 aliphatic heterocycles. The van der Waals surface area contributed by atoms with E-state index in [0.717, 1.165) is 36.4 Å². The van der Waals surface area contributed by atoms with Crippen molar-refractivity contribution in [1.82, 2.24) is 9.38 Å². The van der Waals surface area contributed by atoms with Crippen LogP contribution >= 0.6 is 0 Å². The van der Waals surface area contributed by atoms with Gasteiger partial charge in [-0.2, -0.15) is 5.26 Å². The Balaban J connectivity index is 1.81. The van der Waals surface area contributed by atoms with Crippen LogP contribution in [0.15, 0.2) is 54.9 Å². The number of unbranched alkanes of at least 4 members (excludes halogenated alkanes) is 1. The van der Waals surface area contributed by atoms with Gasteiger partial charge in [0, 0.05) is 12.4 Å². The fraction of sp³-hybridized carbons (Fsp3) is 0.200. The van der Waals surface area contributed by atoms with Gasteiger partial charge in [0.25, 0.3) is 0 Å². The van der Waals surface area contributed by atoms with E-state index in [-0.39, 0.29) is 0 Å². The molecular weight excluding hydrogens is 298 g/mol. The summed E-state index contributed by atoms with van der Waals surface area (Å²) in [5.74, 6) is 0.854. The second-order valence-electron chi connectivity index (χ2n) is 5.53. The molecule has 0 saturated carbocycles. The van der Waals surface area contributed by atoms with Crippen LogP contribution in [0.1, 0.15) is 31.0 Å². The van der Waals surface area contributed by atoms with Crippen LogP contribution in [-0.2, 0) is 0 Å². The predicted octanol–water partition coefficient (Wildman–Crippen LogP) is 4.58. The fourth-order valence-electron chi connectivity index (χ4n) is 2.39. The molecule has 0 aliphatic carbocycles. The highest BCUT2D eigenvalue weighted by molar-refractivity contribution is 5.88. The fourth-order valence-corrected chi connectivity index (χ4v) is 2.39. The van der Waals surface area contributed by atoms with Gasteiger partial charge in [0.2, 0.25) is 0 Å². The summed E-state index contributed by atoms with van der Waals surface area (Å²) < 4.78 is 7.56. The minimum atomic E-state index is 0.540. The molecule has 1 aromatic carbocycles. The summed E-state index contributed by atoms with van der Waals surface area (Å²) in [4.78, 5) is 4.49. The first-order valence-electron chi connectivity index (χ1n) is 8.09. The molecule has 0 fully saturated rings. The molecule has 0 radical (unpaired) electrons. The van der Waals surface area contributed by atoms with E-state index in [1.165, 1.54) is 0 Å². The van der Waals surface area contributed by atoms with E-state index < -0.39 is 0 Å². The number of nitriles is 1. The van der Waals surface area contributed by atoms with E-state index in [1.807, 2.05) is 65.3 Å². The highest BCUT2D eigenvalue weighted by Gasteiger charge is 2.06. The number of pyridine rings is 1. The second-order valence-corrected chi connectivity index (χ2v) is 5.53. The lowest BCUT2D eigenvalue weighted by molar-refractivity contribution is 0.309. The number of allylic oxidation sites excluding steroid dienone is 1. The number of imidazole rings is 1. The third-order valence-corrected chi connectivity index (χ3v) is 3.72. The number of benzene rings is 1. The number of hydrogen-bond acceptors (Lipinski definition) is 3. The standard InChI is InChI=1S/C20H19N3O/c1-2-3-12-24-18-9-7-16(8-10-18)13-17(14-21)19-15-23-11-5-4-6-20(23)22-19/h4-11,13,15H,2-3,12H2,1H3. The minimum Gasteiger partial charge on any atom is -0.494 e. The largest absolute Gasteiger partial charge is 0.494 e. The van der Waals surface area contributed by atoms with Crippen molar-refractivity contribution in [2.45, 2.75) is 19.8 Å². The van der Waals surface area contributed by atoms with Gasteiger partial charge in [0.05, 0.1) is 17.9 Å². The van der Waals surface area contributed by atoms with Gasteiger partial charge in [-0.3, -0.25) is 0 Å². The first-order valence-corrected chi connectivity index (χ1v) is 8.09. The number of ether oxygens (including phenoxy) is 1. The topological polar surface area (TPSA) is 50.3 Å². The van der Waals surface area contributed by atoms with Gasteiger partial charge in [0.1, 0.15) is 17.5 Å². The number of hydrogen-bond donors (Lipinski definition) is 0. The van der Waals surface area contributed by atoms with Crippen LogP contribution in [0.3, 0.4) is 0 Å².